The van der Waals surface area contributed by atoms with Crippen LogP contribution in [0.15, 0.2) is 42.6 Å². The first kappa shape index (κ1) is 17.4. The van der Waals surface area contributed by atoms with Crippen LogP contribution in [0, 0.1) is 0 Å². The number of amides is 1. The molecule has 1 N–H and O–H groups in total. The fraction of sp³-hybridized carbons (Fsp3) is 0.409. The third kappa shape index (κ3) is 3.18. The van der Waals surface area contributed by atoms with Crippen molar-refractivity contribution >= 4 is 16.9 Å². The molecule has 0 unspecified atom stereocenters. The normalized spacial score (nSPS) is 20.3. The Bertz CT molecular complexity index is 977. The summed E-state index contributed by atoms with van der Waals surface area (Å²) < 4.78 is 0. The highest BCUT2D eigenvalue weighted by atomic mass is 16.2. The predicted molar refractivity (Wildman–Crippen MR) is 109 cm³/mol. The SMILES string of the molecule is O=C(c1cc(-c2ccccc2)nc2[nH]ncc12)N1CCC[C@H]1CN1CCCC1. The van der Waals surface area contributed by atoms with Crippen molar-refractivity contribution in [3.8, 4) is 11.3 Å². The van der Waals surface area contributed by atoms with E-state index in [9.17, 15) is 4.79 Å². The first-order valence-electron chi connectivity index (χ1n) is 10.2. The Kier molecular flexibility index (Phi) is 4.56. The van der Waals surface area contributed by atoms with Crippen molar-refractivity contribution in [1.29, 1.82) is 0 Å². The van der Waals surface area contributed by atoms with E-state index in [0.29, 0.717) is 17.3 Å². The van der Waals surface area contributed by atoms with E-state index in [2.05, 4.69) is 25.0 Å². The molecule has 2 aliphatic heterocycles. The van der Waals surface area contributed by atoms with Crippen LogP contribution in [0.1, 0.15) is 36.0 Å². The van der Waals surface area contributed by atoms with Gasteiger partial charge in [0.2, 0.25) is 0 Å². The van der Waals surface area contributed by atoms with Gasteiger partial charge in [-0.05, 0) is 44.8 Å². The van der Waals surface area contributed by atoms with Gasteiger partial charge in [0.15, 0.2) is 5.65 Å². The van der Waals surface area contributed by atoms with Crippen LogP contribution in [0.4, 0.5) is 0 Å². The molecule has 0 saturated carbocycles. The Morgan fingerprint density at radius 3 is 2.75 bits per heavy atom. The van der Waals surface area contributed by atoms with Crippen LogP contribution in [0.5, 0.6) is 0 Å². The Balaban J connectivity index is 1.49. The predicted octanol–water partition coefficient (Wildman–Crippen LogP) is 3.33. The Labute approximate surface area is 164 Å². The smallest absolute Gasteiger partial charge is 0.255 e. The van der Waals surface area contributed by atoms with Gasteiger partial charge in [0.25, 0.3) is 5.91 Å². The second-order valence-corrected chi connectivity index (χ2v) is 7.86. The fourth-order valence-electron chi connectivity index (χ4n) is 4.57. The molecule has 144 valence electrons. The zero-order valence-corrected chi connectivity index (χ0v) is 16.0. The molecule has 0 spiro atoms. The van der Waals surface area contributed by atoms with Gasteiger partial charge in [-0.3, -0.25) is 9.89 Å². The van der Waals surface area contributed by atoms with E-state index in [0.717, 1.165) is 55.7 Å². The molecule has 2 saturated heterocycles. The van der Waals surface area contributed by atoms with Crippen LogP contribution >= 0.6 is 0 Å². The zero-order valence-electron chi connectivity index (χ0n) is 16.0. The molecule has 6 heteroatoms. The maximum atomic E-state index is 13.6. The molecule has 5 rings (SSSR count). The number of nitrogens with zero attached hydrogens (tertiary/aromatic N) is 4. The van der Waals surface area contributed by atoms with Crippen molar-refractivity contribution in [3.63, 3.8) is 0 Å². The second-order valence-electron chi connectivity index (χ2n) is 7.86. The number of H-pyrrole nitrogens is 1. The summed E-state index contributed by atoms with van der Waals surface area (Å²) in [5.41, 5.74) is 3.17. The zero-order chi connectivity index (χ0) is 18.9. The van der Waals surface area contributed by atoms with Crippen molar-refractivity contribution in [2.24, 2.45) is 0 Å². The lowest BCUT2D eigenvalue weighted by molar-refractivity contribution is 0.0710. The van der Waals surface area contributed by atoms with E-state index >= 15 is 0 Å². The van der Waals surface area contributed by atoms with Gasteiger partial charge in [-0.1, -0.05) is 30.3 Å². The van der Waals surface area contributed by atoms with Crippen LogP contribution in [0.2, 0.25) is 0 Å². The number of nitrogens with one attached hydrogen (secondary N) is 1. The minimum atomic E-state index is 0.104. The van der Waals surface area contributed by atoms with Crippen LogP contribution in [0.25, 0.3) is 22.3 Å². The average molecular weight is 375 g/mol. The minimum Gasteiger partial charge on any atom is -0.334 e. The summed E-state index contributed by atoms with van der Waals surface area (Å²) in [4.78, 5) is 22.8. The molecule has 2 fully saturated rings. The molecule has 28 heavy (non-hydrogen) atoms. The van der Waals surface area contributed by atoms with E-state index in [1.807, 2.05) is 36.4 Å². The molecule has 1 atom stereocenters. The topological polar surface area (TPSA) is 65.1 Å². The van der Waals surface area contributed by atoms with Gasteiger partial charge in [0.05, 0.1) is 22.8 Å². The molecule has 0 radical (unpaired) electrons. The van der Waals surface area contributed by atoms with E-state index in [4.69, 9.17) is 0 Å². The number of fused-ring (bicyclic) bond motifs is 1. The number of pyridine rings is 1. The highest BCUT2D eigenvalue weighted by Gasteiger charge is 2.32. The molecule has 6 nitrogen and oxygen atoms in total. The molecule has 2 aromatic heterocycles. The number of hydrogen-bond acceptors (Lipinski definition) is 4. The summed E-state index contributed by atoms with van der Waals surface area (Å²) in [5, 5.41) is 7.89. The number of benzene rings is 1. The van der Waals surface area contributed by atoms with Gasteiger partial charge in [0, 0.05) is 24.7 Å². The third-order valence-electron chi connectivity index (χ3n) is 6.03. The molecule has 4 heterocycles. The summed E-state index contributed by atoms with van der Waals surface area (Å²) in [6, 6.07) is 12.2. The fourth-order valence-corrected chi connectivity index (χ4v) is 4.57. The Morgan fingerprint density at radius 1 is 1.11 bits per heavy atom. The first-order chi connectivity index (χ1) is 13.8. The maximum absolute atomic E-state index is 13.6. The molecule has 2 aliphatic rings. The summed E-state index contributed by atoms with van der Waals surface area (Å²) in [6.07, 6.45) is 6.45. The number of hydrogen-bond donors (Lipinski definition) is 1. The molecule has 1 amide bonds. The minimum absolute atomic E-state index is 0.104. The van der Waals surface area contributed by atoms with E-state index in [-0.39, 0.29) is 5.91 Å². The van der Waals surface area contributed by atoms with Crippen molar-refractivity contribution < 1.29 is 4.79 Å². The third-order valence-corrected chi connectivity index (χ3v) is 6.03. The van der Waals surface area contributed by atoms with Crippen molar-refractivity contribution in [2.45, 2.75) is 31.7 Å². The number of rotatable bonds is 4. The van der Waals surface area contributed by atoms with Crippen molar-refractivity contribution in [1.82, 2.24) is 25.0 Å². The molecule has 1 aromatic carbocycles. The largest absolute Gasteiger partial charge is 0.334 e. The van der Waals surface area contributed by atoms with Gasteiger partial charge in [-0.15, -0.1) is 0 Å². The number of aromatic amines is 1. The summed E-state index contributed by atoms with van der Waals surface area (Å²) in [7, 11) is 0. The van der Waals surface area contributed by atoms with Crippen molar-refractivity contribution in [3.05, 3.63) is 48.2 Å². The summed E-state index contributed by atoms with van der Waals surface area (Å²) in [5.74, 6) is 0.104. The number of likely N-dealkylation sites (tertiary alicyclic amines) is 2. The summed E-state index contributed by atoms with van der Waals surface area (Å²) >= 11 is 0. The summed E-state index contributed by atoms with van der Waals surface area (Å²) in [6.45, 7) is 4.16. The van der Waals surface area contributed by atoms with Gasteiger partial charge in [-0.25, -0.2) is 4.98 Å². The van der Waals surface area contributed by atoms with Gasteiger partial charge in [0.1, 0.15) is 0 Å². The number of aromatic nitrogens is 3. The number of carbonyl (C=O) groups is 1. The lowest BCUT2D eigenvalue weighted by Gasteiger charge is -2.28. The highest BCUT2D eigenvalue weighted by Crippen LogP contribution is 2.28. The van der Waals surface area contributed by atoms with Crippen LogP contribution in [0.3, 0.4) is 0 Å². The standard InChI is InChI=1S/C22H25N5O/c28-22(27-12-6-9-17(27)15-26-10-4-5-11-26)18-13-20(16-7-2-1-3-8-16)24-21-19(18)14-23-25-21/h1-3,7-8,13-14,17H,4-6,9-12,15H2,(H,23,24,25)/t17-/m0/s1. The molecular formula is C22H25N5O. The first-order valence-corrected chi connectivity index (χ1v) is 10.2. The van der Waals surface area contributed by atoms with Crippen LogP contribution in [-0.2, 0) is 0 Å². The van der Waals surface area contributed by atoms with Crippen molar-refractivity contribution in [2.75, 3.05) is 26.2 Å². The van der Waals surface area contributed by atoms with E-state index < -0.39 is 0 Å². The molecular weight excluding hydrogens is 350 g/mol. The van der Waals surface area contributed by atoms with E-state index in [1.54, 1.807) is 6.20 Å². The Hall–Kier alpha value is -2.73. The van der Waals surface area contributed by atoms with Gasteiger partial charge in [-0.2, -0.15) is 5.10 Å². The molecule has 3 aromatic rings. The van der Waals surface area contributed by atoms with Gasteiger partial charge < -0.3 is 9.80 Å². The van der Waals surface area contributed by atoms with Gasteiger partial charge >= 0.3 is 0 Å². The van der Waals surface area contributed by atoms with Crippen LogP contribution < -0.4 is 0 Å². The second kappa shape index (κ2) is 7.36. The average Bonchev–Trinajstić information content (AvgIpc) is 3.49. The monoisotopic (exact) mass is 375 g/mol. The number of carbonyl (C=O) groups excluding carboxylic acids is 1. The maximum Gasteiger partial charge on any atom is 0.255 e. The lowest BCUT2D eigenvalue weighted by Crippen LogP contribution is -2.42. The van der Waals surface area contributed by atoms with Crippen LogP contribution in [-0.4, -0.2) is 63.1 Å². The highest BCUT2D eigenvalue weighted by molar-refractivity contribution is 6.06. The lowest BCUT2D eigenvalue weighted by atomic mass is 10.1. The quantitative estimate of drug-likeness (QED) is 0.760. The molecule has 0 bridgehead atoms. The van der Waals surface area contributed by atoms with E-state index in [1.165, 1.54) is 12.8 Å². The Morgan fingerprint density at radius 2 is 1.93 bits per heavy atom. The molecule has 0 aliphatic carbocycles.